The molecule has 0 atom stereocenters. The molecule has 1 saturated heterocycles. The molecule has 1 aliphatic heterocycles. The van der Waals surface area contributed by atoms with E-state index in [0.717, 1.165) is 4.88 Å². The smallest absolute Gasteiger partial charge is 0.257 e. The average molecular weight is 344 g/mol. The molecule has 0 unspecified atom stereocenters. The SMILES string of the molecule is COc1ccccc1C(=O)N1CCN(C(=O)Cc2cccs2)CC1. The third-order valence-electron chi connectivity index (χ3n) is 4.16. The maximum Gasteiger partial charge on any atom is 0.257 e. The molecule has 1 aliphatic rings. The molecule has 6 heteroatoms. The van der Waals surface area contributed by atoms with Gasteiger partial charge in [0.2, 0.25) is 5.91 Å². The summed E-state index contributed by atoms with van der Waals surface area (Å²) in [5, 5.41) is 1.98. The lowest BCUT2D eigenvalue weighted by atomic mass is 10.1. The fourth-order valence-corrected chi connectivity index (χ4v) is 3.52. The number of para-hydroxylation sites is 1. The largest absolute Gasteiger partial charge is 0.496 e. The van der Waals surface area contributed by atoms with Gasteiger partial charge < -0.3 is 14.5 Å². The first kappa shape index (κ1) is 16.5. The van der Waals surface area contributed by atoms with E-state index in [1.165, 1.54) is 0 Å². The number of nitrogens with zero attached hydrogens (tertiary/aromatic N) is 2. The number of rotatable bonds is 4. The van der Waals surface area contributed by atoms with Gasteiger partial charge in [-0.15, -0.1) is 11.3 Å². The van der Waals surface area contributed by atoms with Crippen molar-refractivity contribution in [1.29, 1.82) is 0 Å². The van der Waals surface area contributed by atoms with Gasteiger partial charge >= 0.3 is 0 Å². The molecule has 0 radical (unpaired) electrons. The lowest BCUT2D eigenvalue weighted by Crippen LogP contribution is -2.51. The van der Waals surface area contributed by atoms with Gasteiger partial charge in [-0.05, 0) is 23.6 Å². The van der Waals surface area contributed by atoms with Crippen LogP contribution in [-0.4, -0.2) is 54.9 Å². The topological polar surface area (TPSA) is 49.9 Å². The molecule has 1 fully saturated rings. The van der Waals surface area contributed by atoms with Crippen molar-refractivity contribution in [1.82, 2.24) is 9.80 Å². The van der Waals surface area contributed by atoms with E-state index in [0.29, 0.717) is 43.9 Å². The Morgan fingerprint density at radius 3 is 2.42 bits per heavy atom. The van der Waals surface area contributed by atoms with Crippen LogP contribution >= 0.6 is 11.3 Å². The van der Waals surface area contributed by atoms with Crippen molar-refractivity contribution >= 4 is 23.2 Å². The highest BCUT2D eigenvalue weighted by molar-refractivity contribution is 7.10. The molecule has 0 aliphatic carbocycles. The van der Waals surface area contributed by atoms with E-state index in [2.05, 4.69) is 0 Å². The number of piperazine rings is 1. The minimum atomic E-state index is -0.0437. The van der Waals surface area contributed by atoms with Crippen LogP contribution < -0.4 is 4.74 Å². The Morgan fingerprint density at radius 1 is 1.04 bits per heavy atom. The second kappa shape index (κ2) is 7.49. The van der Waals surface area contributed by atoms with E-state index < -0.39 is 0 Å². The van der Waals surface area contributed by atoms with E-state index in [1.807, 2.05) is 34.5 Å². The Bertz CT molecular complexity index is 707. The van der Waals surface area contributed by atoms with E-state index in [9.17, 15) is 9.59 Å². The highest BCUT2D eigenvalue weighted by Gasteiger charge is 2.26. The molecular formula is C18H20N2O3S. The van der Waals surface area contributed by atoms with Gasteiger partial charge in [-0.2, -0.15) is 0 Å². The summed E-state index contributed by atoms with van der Waals surface area (Å²) in [4.78, 5) is 29.7. The van der Waals surface area contributed by atoms with Crippen molar-refractivity contribution in [2.45, 2.75) is 6.42 Å². The quantitative estimate of drug-likeness (QED) is 0.855. The van der Waals surface area contributed by atoms with Crippen LogP contribution in [0.1, 0.15) is 15.2 Å². The summed E-state index contributed by atoms with van der Waals surface area (Å²) in [7, 11) is 1.56. The zero-order valence-electron chi connectivity index (χ0n) is 13.6. The lowest BCUT2D eigenvalue weighted by molar-refractivity contribution is -0.131. The second-order valence-electron chi connectivity index (χ2n) is 5.63. The lowest BCUT2D eigenvalue weighted by Gasteiger charge is -2.35. The third kappa shape index (κ3) is 3.59. The van der Waals surface area contributed by atoms with Crippen LogP contribution in [0.25, 0.3) is 0 Å². The van der Waals surface area contributed by atoms with Crippen LogP contribution in [-0.2, 0) is 11.2 Å². The molecule has 1 aromatic heterocycles. The van der Waals surface area contributed by atoms with Gasteiger partial charge in [-0.3, -0.25) is 9.59 Å². The van der Waals surface area contributed by atoms with Gasteiger partial charge in [0.15, 0.2) is 0 Å². The van der Waals surface area contributed by atoms with E-state index in [1.54, 1.807) is 35.5 Å². The zero-order valence-corrected chi connectivity index (χ0v) is 14.4. The summed E-state index contributed by atoms with van der Waals surface area (Å²) >= 11 is 1.60. The molecule has 0 spiro atoms. The van der Waals surface area contributed by atoms with Gasteiger partial charge in [0.1, 0.15) is 5.75 Å². The number of ether oxygens (including phenoxy) is 1. The first-order valence-electron chi connectivity index (χ1n) is 7.91. The first-order valence-corrected chi connectivity index (χ1v) is 8.79. The summed E-state index contributed by atoms with van der Waals surface area (Å²) in [6.45, 7) is 2.25. The molecule has 0 saturated carbocycles. The Hall–Kier alpha value is -2.34. The number of hydrogen-bond donors (Lipinski definition) is 0. The molecule has 2 aromatic rings. The molecule has 0 N–H and O–H groups in total. The van der Waals surface area contributed by atoms with Crippen molar-refractivity contribution in [2.24, 2.45) is 0 Å². The van der Waals surface area contributed by atoms with E-state index in [-0.39, 0.29) is 11.8 Å². The Kier molecular flexibility index (Phi) is 5.15. The van der Waals surface area contributed by atoms with Crippen LogP contribution in [0.3, 0.4) is 0 Å². The number of benzene rings is 1. The summed E-state index contributed by atoms with van der Waals surface area (Å²) < 4.78 is 5.26. The fourth-order valence-electron chi connectivity index (χ4n) is 2.82. The van der Waals surface area contributed by atoms with Crippen molar-refractivity contribution in [3.8, 4) is 5.75 Å². The highest BCUT2D eigenvalue weighted by Crippen LogP contribution is 2.20. The Labute approximate surface area is 145 Å². The van der Waals surface area contributed by atoms with Crippen LogP contribution in [0.15, 0.2) is 41.8 Å². The number of carbonyl (C=O) groups excluding carboxylic acids is 2. The predicted molar refractivity (Wildman–Crippen MR) is 93.5 cm³/mol. The minimum Gasteiger partial charge on any atom is -0.496 e. The number of amides is 2. The Morgan fingerprint density at radius 2 is 1.75 bits per heavy atom. The molecule has 24 heavy (non-hydrogen) atoms. The van der Waals surface area contributed by atoms with Crippen molar-refractivity contribution in [3.63, 3.8) is 0 Å². The Balaban J connectivity index is 1.58. The zero-order chi connectivity index (χ0) is 16.9. The number of thiophene rings is 1. The van der Waals surface area contributed by atoms with E-state index >= 15 is 0 Å². The van der Waals surface area contributed by atoms with Crippen LogP contribution in [0.2, 0.25) is 0 Å². The van der Waals surface area contributed by atoms with Crippen molar-refractivity contribution in [3.05, 3.63) is 52.2 Å². The molecule has 0 bridgehead atoms. The standard InChI is InChI=1S/C18H20N2O3S/c1-23-16-7-3-2-6-15(16)18(22)20-10-8-19(9-11-20)17(21)13-14-5-4-12-24-14/h2-7,12H,8-11,13H2,1H3. The average Bonchev–Trinajstić information content (AvgIpc) is 3.14. The molecule has 5 nitrogen and oxygen atoms in total. The second-order valence-corrected chi connectivity index (χ2v) is 6.66. The van der Waals surface area contributed by atoms with Crippen molar-refractivity contribution < 1.29 is 14.3 Å². The number of hydrogen-bond acceptors (Lipinski definition) is 4. The van der Waals surface area contributed by atoms with Gasteiger partial charge in [0.05, 0.1) is 19.1 Å². The third-order valence-corrected chi connectivity index (χ3v) is 5.04. The summed E-state index contributed by atoms with van der Waals surface area (Å²) in [6.07, 6.45) is 0.443. The molecule has 2 amide bonds. The maximum absolute atomic E-state index is 12.7. The van der Waals surface area contributed by atoms with Crippen molar-refractivity contribution in [2.75, 3.05) is 33.3 Å². The molecular weight excluding hydrogens is 324 g/mol. The maximum atomic E-state index is 12.7. The minimum absolute atomic E-state index is 0.0437. The molecule has 2 heterocycles. The molecule has 3 rings (SSSR count). The monoisotopic (exact) mass is 344 g/mol. The normalized spacial score (nSPS) is 14.5. The summed E-state index contributed by atoms with van der Waals surface area (Å²) in [5.74, 6) is 0.665. The predicted octanol–water partition coefficient (Wildman–Crippen LogP) is 2.28. The molecule has 1 aromatic carbocycles. The van der Waals surface area contributed by atoms with Gasteiger partial charge in [-0.25, -0.2) is 0 Å². The van der Waals surface area contributed by atoms with Crippen LogP contribution in [0.5, 0.6) is 5.75 Å². The van der Waals surface area contributed by atoms with Gasteiger partial charge in [0, 0.05) is 31.1 Å². The van der Waals surface area contributed by atoms with E-state index in [4.69, 9.17) is 4.74 Å². The van der Waals surface area contributed by atoms with Gasteiger partial charge in [0.25, 0.3) is 5.91 Å². The van der Waals surface area contributed by atoms with Crippen LogP contribution in [0, 0.1) is 0 Å². The highest BCUT2D eigenvalue weighted by atomic mass is 32.1. The number of methoxy groups -OCH3 is 1. The van der Waals surface area contributed by atoms with Gasteiger partial charge in [-0.1, -0.05) is 18.2 Å². The summed E-state index contributed by atoms with van der Waals surface area (Å²) in [6, 6.07) is 11.2. The first-order chi connectivity index (χ1) is 11.7. The molecule has 126 valence electrons. The number of carbonyl (C=O) groups is 2. The van der Waals surface area contributed by atoms with Crippen LogP contribution in [0.4, 0.5) is 0 Å². The fraction of sp³-hybridized carbons (Fsp3) is 0.333. The summed E-state index contributed by atoms with van der Waals surface area (Å²) in [5.41, 5.74) is 0.568.